The van der Waals surface area contributed by atoms with E-state index in [0.29, 0.717) is 0 Å². The molecule has 0 aromatic carbocycles. The van der Waals surface area contributed by atoms with Crippen molar-refractivity contribution in [3.8, 4) is 0 Å². The minimum Gasteiger partial charge on any atom is -0.447 e. The first-order chi connectivity index (χ1) is 7.66. The molecule has 1 atom stereocenters. The van der Waals surface area contributed by atoms with Crippen LogP contribution in [0.5, 0.6) is 0 Å². The van der Waals surface area contributed by atoms with Gasteiger partial charge in [0.05, 0.1) is 6.04 Å². The molecule has 0 aromatic heterocycles. The lowest BCUT2D eigenvalue weighted by molar-refractivity contribution is -0.147. The molecular formula is C12H19NO4. The van der Waals surface area contributed by atoms with E-state index >= 15 is 0 Å². The third-order valence-corrected chi connectivity index (χ3v) is 2.77. The average molecular weight is 241 g/mol. The molecule has 1 aliphatic rings. The zero-order valence-corrected chi connectivity index (χ0v) is 10.9. The van der Waals surface area contributed by atoms with Crippen molar-refractivity contribution < 1.29 is 19.1 Å². The van der Waals surface area contributed by atoms with Gasteiger partial charge in [0, 0.05) is 5.41 Å². The number of carbonyl (C=O) groups is 3. The number of amides is 2. The predicted octanol–water partition coefficient (Wildman–Crippen LogP) is 1.60. The molecule has 0 N–H and O–H groups in total. The van der Waals surface area contributed by atoms with Crippen LogP contribution in [0.4, 0.5) is 4.79 Å². The van der Waals surface area contributed by atoms with E-state index < -0.39 is 23.2 Å². The monoisotopic (exact) mass is 241 g/mol. The largest absolute Gasteiger partial charge is 0.447 e. The van der Waals surface area contributed by atoms with E-state index in [2.05, 4.69) is 0 Å². The van der Waals surface area contributed by atoms with Crippen LogP contribution in [0, 0.1) is 11.3 Å². The van der Waals surface area contributed by atoms with Crippen LogP contribution < -0.4 is 0 Å². The quantitative estimate of drug-likeness (QED) is 0.689. The molecule has 0 bridgehead atoms. The highest BCUT2D eigenvalue weighted by molar-refractivity contribution is 6.40. The van der Waals surface area contributed by atoms with Gasteiger partial charge in [-0.15, -0.1) is 0 Å². The Bertz CT molecular complexity index is 354. The highest BCUT2D eigenvalue weighted by atomic mass is 16.6. The Hall–Kier alpha value is -1.39. The van der Waals surface area contributed by atoms with Crippen molar-refractivity contribution in [2.45, 2.75) is 40.7 Å². The van der Waals surface area contributed by atoms with Crippen molar-refractivity contribution in [2.75, 3.05) is 6.61 Å². The third kappa shape index (κ3) is 2.65. The Morgan fingerprint density at radius 1 is 1.35 bits per heavy atom. The van der Waals surface area contributed by atoms with Crippen molar-refractivity contribution in [2.24, 2.45) is 11.3 Å². The van der Waals surface area contributed by atoms with Gasteiger partial charge >= 0.3 is 6.09 Å². The Labute approximate surface area is 101 Å². The summed E-state index contributed by atoms with van der Waals surface area (Å²) < 4.78 is 4.84. The molecule has 0 aromatic rings. The van der Waals surface area contributed by atoms with Gasteiger partial charge in [0.15, 0.2) is 0 Å². The molecule has 1 aliphatic heterocycles. The number of cyclic esters (lactones) is 1. The fourth-order valence-corrected chi connectivity index (χ4v) is 1.59. The van der Waals surface area contributed by atoms with Crippen molar-refractivity contribution in [1.29, 1.82) is 0 Å². The highest BCUT2D eigenvalue weighted by Crippen LogP contribution is 2.23. The van der Waals surface area contributed by atoms with Crippen LogP contribution in [0.25, 0.3) is 0 Å². The fraction of sp³-hybridized carbons (Fsp3) is 0.750. The molecule has 1 heterocycles. The van der Waals surface area contributed by atoms with Gasteiger partial charge < -0.3 is 4.74 Å². The summed E-state index contributed by atoms with van der Waals surface area (Å²) >= 11 is 0. The number of imide groups is 1. The number of Topliss-reactive ketones (excluding diaryl/α,β-unsaturated/α-hetero) is 1. The first-order valence-corrected chi connectivity index (χ1v) is 5.71. The normalized spacial score (nSPS) is 20.7. The summed E-state index contributed by atoms with van der Waals surface area (Å²) in [4.78, 5) is 36.3. The number of rotatable bonds is 2. The van der Waals surface area contributed by atoms with Crippen LogP contribution in [0.2, 0.25) is 0 Å². The van der Waals surface area contributed by atoms with Crippen LogP contribution in [0.1, 0.15) is 34.6 Å². The Morgan fingerprint density at radius 2 is 1.88 bits per heavy atom. The van der Waals surface area contributed by atoms with E-state index in [4.69, 9.17) is 4.74 Å². The first-order valence-electron chi connectivity index (χ1n) is 5.71. The topological polar surface area (TPSA) is 63.7 Å². The minimum absolute atomic E-state index is 0.0677. The summed E-state index contributed by atoms with van der Waals surface area (Å²) in [5.41, 5.74) is -0.790. The Balaban J connectivity index is 2.94. The summed E-state index contributed by atoms with van der Waals surface area (Å²) in [6.07, 6.45) is -0.716. The van der Waals surface area contributed by atoms with E-state index in [1.165, 1.54) is 0 Å². The second-order valence-corrected chi connectivity index (χ2v) is 5.64. The fourth-order valence-electron chi connectivity index (χ4n) is 1.59. The van der Waals surface area contributed by atoms with Crippen molar-refractivity contribution in [3.05, 3.63) is 0 Å². The van der Waals surface area contributed by atoms with E-state index in [1.54, 1.807) is 20.8 Å². The lowest BCUT2D eigenvalue weighted by Gasteiger charge is -2.24. The van der Waals surface area contributed by atoms with E-state index in [-0.39, 0.29) is 18.6 Å². The van der Waals surface area contributed by atoms with Gasteiger partial charge in [0.2, 0.25) is 5.78 Å². The lowest BCUT2D eigenvalue weighted by Crippen LogP contribution is -2.48. The summed E-state index contributed by atoms with van der Waals surface area (Å²) in [6.45, 7) is 8.89. The maximum atomic E-state index is 12.0. The lowest BCUT2D eigenvalue weighted by atomic mass is 9.89. The molecule has 1 saturated heterocycles. The molecule has 5 heteroatoms. The van der Waals surface area contributed by atoms with Crippen LogP contribution in [0.15, 0.2) is 0 Å². The maximum absolute atomic E-state index is 12.0. The smallest absolute Gasteiger partial charge is 0.417 e. The number of hydrogen-bond donors (Lipinski definition) is 0. The van der Waals surface area contributed by atoms with Gasteiger partial charge in [-0.05, 0) is 5.92 Å². The minimum atomic E-state index is -0.790. The van der Waals surface area contributed by atoms with E-state index in [1.807, 2.05) is 13.8 Å². The van der Waals surface area contributed by atoms with Crippen LogP contribution in [0.3, 0.4) is 0 Å². The first kappa shape index (κ1) is 13.7. The average Bonchev–Trinajstić information content (AvgIpc) is 2.56. The highest BCUT2D eigenvalue weighted by Gasteiger charge is 2.44. The number of ketones is 1. The molecule has 1 rings (SSSR count). The van der Waals surface area contributed by atoms with Gasteiger partial charge in [-0.2, -0.15) is 0 Å². The van der Waals surface area contributed by atoms with Crippen LogP contribution in [-0.4, -0.2) is 35.3 Å². The molecular weight excluding hydrogens is 222 g/mol. The number of hydrogen-bond acceptors (Lipinski definition) is 4. The molecule has 1 fully saturated rings. The SMILES string of the molecule is CC(C)[C@H]1COC(=O)N1C(=O)C(=O)C(C)(C)C. The second kappa shape index (κ2) is 4.47. The van der Waals surface area contributed by atoms with Crippen LogP contribution >= 0.6 is 0 Å². The molecule has 17 heavy (non-hydrogen) atoms. The molecule has 96 valence electrons. The summed E-state index contributed by atoms with van der Waals surface area (Å²) in [6, 6.07) is -0.346. The zero-order valence-electron chi connectivity index (χ0n) is 10.9. The summed E-state index contributed by atoms with van der Waals surface area (Å²) in [5, 5.41) is 0. The van der Waals surface area contributed by atoms with E-state index in [0.717, 1.165) is 4.90 Å². The molecule has 0 radical (unpaired) electrons. The molecule has 0 unspecified atom stereocenters. The number of ether oxygens (including phenoxy) is 1. The number of carbonyl (C=O) groups excluding carboxylic acids is 3. The molecule has 0 spiro atoms. The summed E-state index contributed by atoms with van der Waals surface area (Å²) in [5.74, 6) is -1.26. The molecule has 2 amide bonds. The third-order valence-electron chi connectivity index (χ3n) is 2.77. The second-order valence-electron chi connectivity index (χ2n) is 5.64. The summed E-state index contributed by atoms with van der Waals surface area (Å²) in [7, 11) is 0. The predicted molar refractivity (Wildman–Crippen MR) is 61.3 cm³/mol. The van der Waals surface area contributed by atoms with Crippen LogP contribution in [-0.2, 0) is 14.3 Å². The zero-order chi connectivity index (χ0) is 13.4. The van der Waals surface area contributed by atoms with Crippen molar-refractivity contribution >= 4 is 17.8 Å². The van der Waals surface area contributed by atoms with Gasteiger partial charge in [-0.25, -0.2) is 9.69 Å². The van der Waals surface area contributed by atoms with Gasteiger partial charge in [-0.1, -0.05) is 34.6 Å². The molecule has 0 saturated carbocycles. The standard InChI is InChI=1S/C12H19NO4/c1-7(2)8-6-17-11(16)13(8)10(15)9(14)12(3,4)5/h7-8H,6H2,1-5H3/t8-/m1/s1. The van der Waals surface area contributed by atoms with E-state index in [9.17, 15) is 14.4 Å². The van der Waals surface area contributed by atoms with Gasteiger partial charge in [-0.3, -0.25) is 9.59 Å². The number of nitrogens with zero attached hydrogens (tertiary/aromatic N) is 1. The van der Waals surface area contributed by atoms with Crippen molar-refractivity contribution in [3.63, 3.8) is 0 Å². The van der Waals surface area contributed by atoms with Crippen molar-refractivity contribution in [1.82, 2.24) is 4.90 Å². The molecule has 0 aliphatic carbocycles. The van der Waals surface area contributed by atoms with Gasteiger partial charge in [0.25, 0.3) is 5.91 Å². The molecule has 5 nitrogen and oxygen atoms in total. The Morgan fingerprint density at radius 3 is 2.29 bits per heavy atom. The Kier molecular flexibility index (Phi) is 3.59. The maximum Gasteiger partial charge on any atom is 0.417 e. The van der Waals surface area contributed by atoms with Gasteiger partial charge in [0.1, 0.15) is 6.61 Å².